The number of ether oxygens (including phenoxy) is 2. The lowest BCUT2D eigenvalue weighted by Crippen LogP contribution is -2.33. The van der Waals surface area contributed by atoms with E-state index in [-0.39, 0.29) is 12.3 Å². The summed E-state index contributed by atoms with van der Waals surface area (Å²) in [5, 5.41) is 7.15. The van der Waals surface area contributed by atoms with Gasteiger partial charge in [0.05, 0.1) is 18.4 Å². The standard InChI is InChI=1S/C27H28N2O2/c1-2-3-9-18-30-22-16-14-21(15-17-22)27-29-25(23-12-7-8-13-26(23)31-27)19-24(28-29)20-10-5-4-6-11-20/h4-8,10-17,25,27H,2-3,9,18-19H2,1H3/t25-,27+/m1/s1. The fourth-order valence-corrected chi connectivity index (χ4v) is 4.33. The Balaban J connectivity index is 1.42. The summed E-state index contributed by atoms with van der Waals surface area (Å²) in [6.45, 7) is 2.97. The molecule has 2 atom stereocenters. The number of unbranched alkanes of at least 4 members (excludes halogenated alkanes) is 2. The zero-order chi connectivity index (χ0) is 21.0. The molecule has 0 bridgehead atoms. The van der Waals surface area contributed by atoms with Gasteiger partial charge in [0.2, 0.25) is 6.23 Å². The third-order valence-corrected chi connectivity index (χ3v) is 5.99. The summed E-state index contributed by atoms with van der Waals surface area (Å²) in [7, 11) is 0. The first-order chi connectivity index (χ1) is 15.3. The average molecular weight is 413 g/mol. The van der Waals surface area contributed by atoms with Gasteiger partial charge in [-0.2, -0.15) is 5.10 Å². The molecule has 0 N–H and O–H groups in total. The smallest absolute Gasteiger partial charge is 0.213 e. The van der Waals surface area contributed by atoms with Crippen molar-refractivity contribution in [1.29, 1.82) is 0 Å². The molecule has 5 rings (SSSR count). The van der Waals surface area contributed by atoms with Crippen LogP contribution in [0.4, 0.5) is 0 Å². The highest BCUT2D eigenvalue weighted by molar-refractivity contribution is 6.01. The van der Waals surface area contributed by atoms with Crippen LogP contribution >= 0.6 is 0 Å². The molecule has 4 heteroatoms. The monoisotopic (exact) mass is 412 g/mol. The molecule has 0 saturated heterocycles. The van der Waals surface area contributed by atoms with E-state index in [1.807, 2.05) is 24.3 Å². The van der Waals surface area contributed by atoms with Crippen molar-refractivity contribution in [3.8, 4) is 11.5 Å². The molecule has 2 heterocycles. The van der Waals surface area contributed by atoms with E-state index in [4.69, 9.17) is 14.6 Å². The van der Waals surface area contributed by atoms with Crippen molar-refractivity contribution in [3.05, 3.63) is 95.6 Å². The predicted molar refractivity (Wildman–Crippen MR) is 123 cm³/mol. The lowest BCUT2D eigenvalue weighted by atomic mass is 9.96. The van der Waals surface area contributed by atoms with Gasteiger partial charge in [0, 0.05) is 17.5 Å². The number of hydrazone groups is 1. The molecule has 2 aliphatic heterocycles. The van der Waals surface area contributed by atoms with Crippen LogP contribution in [0.2, 0.25) is 0 Å². The molecule has 4 nitrogen and oxygen atoms in total. The van der Waals surface area contributed by atoms with E-state index in [1.54, 1.807) is 0 Å². The minimum Gasteiger partial charge on any atom is -0.494 e. The van der Waals surface area contributed by atoms with Gasteiger partial charge in [-0.05, 0) is 42.3 Å². The van der Waals surface area contributed by atoms with E-state index in [1.165, 1.54) is 24.0 Å². The largest absolute Gasteiger partial charge is 0.494 e. The number of para-hydroxylation sites is 1. The zero-order valence-electron chi connectivity index (χ0n) is 17.9. The molecule has 0 saturated carbocycles. The lowest BCUT2D eigenvalue weighted by Gasteiger charge is -2.38. The molecule has 0 spiro atoms. The number of benzene rings is 3. The topological polar surface area (TPSA) is 34.1 Å². The van der Waals surface area contributed by atoms with Crippen LogP contribution in [0.5, 0.6) is 11.5 Å². The van der Waals surface area contributed by atoms with Crippen LogP contribution in [0, 0.1) is 0 Å². The number of fused-ring (bicyclic) bond motifs is 3. The molecule has 0 amide bonds. The van der Waals surface area contributed by atoms with Crippen molar-refractivity contribution in [3.63, 3.8) is 0 Å². The quantitative estimate of drug-likeness (QED) is 0.416. The maximum atomic E-state index is 6.45. The summed E-state index contributed by atoms with van der Waals surface area (Å²) in [5.41, 5.74) is 4.55. The number of nitrogens with zero attached hydrogens (tertiary/aromatic N) is 2. The van der Waals surface area contributed by atoms with E-state index in [0.29, 0.717) is 0 Å². The molecule has 158 valence electrons. The van der Waals surface area contributed by atoms with Gasteiger partial charge >= 0.3 is 0 Å². The van der Waals surface area contributed by atoms with Gasteiger partial charge in [-0.3, -0.25) is 0 Å². The molecule has 3 aromatic rings. The maximum Gasteiger partial charge on any atom is 0.213 e. The second kappa shape index (κ2) is 8.84. The molecule has 0 aliphatic carbocycles. The van der Waals surface area contributed by atoms with E-state index in [9.17, 15) is 0 Å². The summed E-state index contributed by atoms with van der Waals surface area (Å²) in [6, 6.07) is 27.2. The molecular weight excluding hydrogens is 384 g/mol. The third kappa shape index (κ3) is 4.02. The third-order valence-electron chi connectivity index (χ3n) is 5.99. The van der Waals surface area contributed by atoms with Crippen LogP contribution in [0.3, 0.4) is 0 Å². The Morgan fingerprint density at radius 1 is 0.935 bits per heavy atom. The van der Waals surface area contributed by atoms with Gasteiger partial charge in [0.25, 0.3) is 0 Å². The molecule has 2 aliphatic rings. The molecule has 31 heavy (non-hydrogen) atoms. The first kappa shape index (κ1) is 19.7. The molecule has 0 fully saturated rings. The molecule has 0 unspecified atom stereocenters. The van der Waals surface area contributed by atoms with Crippen molar-refractivity contribution < 1.29 is 9.47 Å². The Labute approximate surface area is 184 Å². The van der Waals surface area contributed by atoms with Gasteiger partial charge in [-0.1, -0.05) is 68.3 Å². The van der Waals surface area contributed by atoms with Crippen molar-refractivity contribution in [2.24, 2.45) is 5.10 Å². The van der Waals surface area contributed by atoms with Crippen molar-refractivity contribution in [2.75, 3.05) is 6.61 Å². The number of hydrogen-bond acceptors (Lipinski definition) is 4. The van der Waals surface area contributed by atoms with Crippen molar-refractivity contribution >= 4 is 5.71 Å². The van der Waals surface area contributed by atoms with E-state index in [2.05, 4.69) is 66.5 Å². The summed E-state index contributed by atoms with van der Waals surface area (Å²) in [6.07, 6.45) is 4.11. The van der Waals surface area contributed by atoms with Crippen molar-refractivity contribution in [1.82, 2.24) is 5.01 Å². The first-order valence-electron chi connectivity index (χ1n) is 11.2. The second-order valence-corrected chi connectivity index (χ2v) is 8.15. The van der Waals surface area contributed by atoms with Gasteiger partial charge in [0.1, 0.15) is 11.5 Å². The molecule has 0 radical (unpaired) electrons. The Morgan fingerprint density at radius 3 is 2.52 bits per heavy atom. The van der Waals surface area contributed by atoms with Crippen LogP contribution in [0.1, 0.15) is 61.6 Å². The highest BCUT2D eigenvalue weighted by Crippen LogP contribution is 2.47. The molecular formula is C27H28N2O2. The Kier molecular flexibility index (Phi) is 5.61. The normalized spacial score (nSPS) is 19.3. The Hall–Kier alpha value is -3.27. The minimum atomic E-state index is -0.254. The second-order valence-electron chi connectivity index (χ2n) is 8.15. The summed E-state index contributed by atoms with van der Waals surface area (Å²) in [4.78, 5) is 0. The summed E-state index contributed by atoms with van der Waals surface area (Å²) < 4.78 is 12.3. The van der Waals surface area contributed by atoms with Crippen LogP contribution in [0.15, 0.2) is 84.0 Å². The summed E-state index contributed by atoms with van der Waals surface area (Å²) in [5.74, 6) is 1.85. The Morgan fingerprint density at radius 2 is 1.71 bits per heavy atom. The zero-order valence-corrected chi connectivity index (χ0v) is 17.9. The van der Waals surface area contributed by atoms with Gasteiger partial charge in [0.15, 0.2) is 0 Å². The highest BCUT2D eigenvalue weighted by Gasteiger charge is 2.40. The molecule has 3 aromatic carbocycles. The van der Waals surface area contributed by atoms with E-state index in [0.717, 1.165) is 42.2 Å². The number of rotatable bonds is 7. The maximum absolute atomic E-state index is 6.45. The van der Waals surface area contributed by atoms with E-state index >= 15 is 0 Å². The lowest BCUT2D eigenvalue weighted by molar-refractivity contribution is -0.0190. The fraction of sp³-hybridized carbons (Fsp3) is 0.296. The fourth-order valence-electron chi connectivity index (χ4n) is 4.33. The van der Waals surface area contributed by atoms with Crippen molar-refractivity contribution in [2.45, 2.75) is 44.9 Å². The average Bonchev–Trinajstić information content (AvgIpc) is 3.28. The number of hydrogen-bond donors (Lipinski definition) is 0. The summed E-state index contributed by atoms with van der Waals surface area (Å²) >= 11 is 0. The van der Waals surface area contributed by atoms with Crippen LogP contribution < -0.4 is 9.47 Å². The van der Waals surface area contributed by atoms with Crippen LogP contribution in [-0.4, -0.2) is 17.3 Å². The van der Waals surface area contributed by atoms with Gasteiger partial charge in [-0.25, -0.2) is 5.01 Å². The van der Waals surface area contributed by atoms with E-state index < -0.39 is 0 Å². The van der Waals surface area contributed by atoms with Gasteiger partial charge < -0.3 is 9.47 Å². The van der Waals surface area contributed by atoms with Crippen LogP contribution in [0.25, 0.3) is 0 Å². The van der Waals surface area contributed by atoms with Gasteiger partial charge in [-0.15, -0.1) is 0 Å². The first-order valence-corrected chi connectivity index (χ1v) is 11.2. The predicted octanol–water partition coefficient (Wildman–Crippen LogP) is 6.50. The minimum absolute atomic E-state index is 0.176. The molecule has 0 aromatic heterocycles. The van der Waals surface area contributed by atoms with Crippen LogP contribution in [-0.2, 0) is 0 Å². The highest BCUT2D eigenvalue weighted by atomic mass is 16.5. The SMILES string of the molecule is CCCCCOc1ccc([C@@H]2Oc3ccccc3[C@H]3CC(c4ccccc4)=NN32)cc1. The Bertz CT molecular complexity index is 1050.